The van der Waals surface area contributed by atoms with E-state index in [-0.39, 0.29) is 18.2 Å². The van der Waals surface area contributed by atoms with E-state index in [1.54, 1.807) is 0 Å². The van der Waals surface area contributed by atoms with Crippen molar-refractivity contribution in [2.45, 2.75) is 46.8 Å². The van der Waals surface area contributed by atoms with Crippen LogP contribution < -0.4 is 0 Å². The second-order valence-corrected chi connectivity index (χ2v) is 6.14. The van der Waals surface area contributed by atoms with Crippen LogP contribution in [0.4, 0.5) is 0 Å². The van der Waals surface area contributed by atoms with Crippen molar-refractivity contribution in [1.82, 2.24) is 0 Å². The molecule has 98 valence electrons. The summed E-state index contributed by atoms with van der Waals surface area (Å²) in [5.41, 5.74) is 0. The highest BCUT2D eigenvalue weighted by atomic mass is 16.7. The highest BCUT2D eigenvalue weighted by Gasteiger charge is 2.49. The maximum atomic E-state index is 12.0. The standard InChI is InChI=1S/C14H24O3/c1-8(2)7-16-14-10(4)11-6-5-9(3)12(11)13(15)17-14/h8-12,14H,5-7H2,1-4H3/t9-,10?,11+,12+,14?/m0/s1. The molecule has 0 N–H and O–H groups in total. The zero-order chi connectivity index (χ0) is 12.6. The number of fused-ring (bicyclic) bond motifs is 1. The Labute approximate surface area is 104 Å². The van der Waals surface area contributed by atoms with Crippen molar-refractivity contribution < 1.29 is 14.3 Å². The Hall–Kier alpha value is -0.570. The highest BCUT2D eigenvalue weighted by molar-refractivity contribution is 5.74. The molecule has 1 saturated heterocycles. The van der Waals surface area contributed by atoms with Crippen LogP contribution in [0.5, 0.6) is 0 Å². The molecular weight excluding hydrogens is 216 g/mol. The monoisotopic (exact) mass is 240 g/mol. The van der Waals surface area contributed by atoms with Gasteiger partial charge >= 0.3 is 5.97 Å². The van der Waals surface area contributed by atoms with E-state index in [4.69, 9.17) is 9.47 Å². The molecule has 3 heteroatoms. The van der Waals surface area contributed by atoms with E-state index >= 15 is 0 Å². The van der Waals surface area contributed by atoms with Crippen LogP contribution in [0, 0.1) is 29.6 Å². The van der Waals surface area contributed by atoms with E-state index in [0.717, 1.165) is 12.8 Å². The predicted molar refractivity (Wildman–Crippen MR) is 65.2 cm³/mol. The number of carbonyl (C=O) groups excluding carboxylic acids is 1. The smallest absolute Gasteiger partial charge is 0.311 e. The first kappa shape index (κ1) is 12.9. The molecule has 1 saturated carbocycles. The van der Waals surface area contributed by atoms with Gasteiger partial charge in [0.05, 0.1) is 12.5 Å². The number of hydrogen-bond acceptors (Lipinski definition) is 3. The quantitative estimate of drug-likeness (QED) is 0.712. The van der Waals surface area contributed by atoms with Gasteiger partial charge in [-0.25, -0.2) is 0 Å². The summed E-state index contributed by atoms with van der Waals surface area (Å²) in [5, 5.41) is 0. The summed E-state index contributed by atoms with van der Waals surface area (Å²) in [7, 11) is 0. The van der Waals surface area contributed by atoms with E-state index < -0.39 is 0 Å². The lowest BCUT2D eigenvalue weighted by Crippen LogP contribution is -2.45. The van der Waals surface area contributed by atoms with Crippen LogP contribution in [-0.2, 0) is 14.3 Å². The molecule has 0 bridgehead atoms. The number of ether oxygens (including phenoxy) is 2. The average Bonchev–Trinajstić information content (AvgIpc) is 2.64. The molecule has 0 spiro atoms. The van der Waals surface area contributed by atoms with E-state index in [2.05, 4.69) is 27.7 Å². The lowest BCUT2D eigenvalue weighted by atomic mass is 9.80. The van der Waals surface area contributed by atoms with Gasteiger partial charge in [0.25, 0.3) is 0 Å². The molecule has 1 aliphatic heterocycles. The van der Waals surface area contributed by atoms with Crippen molar-refractivity contribution in [3.63, 3.8) is 0 Å². The molecule has 0 aromatic rings. The van der Waals surface area contributed by atoms with Crippen LogP contribution in [0.25, 0.3) is 0 Å². The zero-order valence-corrected chi connectivity index (χ0v) is 11.3. The van der Waals surface area contributed by atoms with Crippen LogP contribution >= 0.6 is 0 Å². The third-order valence-electron chi connectivity index (χ3n) is 4.23. The predicted octanol–water partition coefficient (Wildman–Crippen LogP) is 2.84. The number of carbonyl (C=O) groups is 1. The van der Waals surface area contributed by atoms with Crippen molar-refractivity contribution in [1.29, 1.82) is 0 Å². The Morgan fingerprint density at radius 2 is 2.06 bits per heavy atom. The molecule has 2 fully saturated rings. The van der Waals surface area contributed by atoms with Gasteiger partial charge in [-0.2, -0.15) is 0 Å². The minimum Gasteiger partial charge on any atom is -0.435 e. The van der Waals surface area contributed by atoms with E-state index in [0.29, 0.717) is 30.3 Å². The molecule has 2 unspecified atom stereocenters. The van der Waals surface area contributed by atoms with Gasteiger partial charge in [0.2, 0.25) is 6.29 Å². The third kappa shape index (κ3) is 2.49. The number of hydrogen-bond donors (Lipinski definition) is 0. The van der Waals surface area contributed by atoms with Crippen LogP contribution in [0.3, 0.4) is 0 Å². The normalized spacial score (nSPS) is 41.5. The second-order valence-electron chi connectivity index (χ2n) is 6.14. The third-order valence-corrected chi connectivity index (χ3v) is 4.23. The summed E-state index contributed by atoms with van der Waals surface area (Å²) in [6.45, 7) is 9.20. The summed E-state index contributed by atoms with van der Waals surface area (Å²) in [6, 6.07) is 0. The van der Waals surface area contributed by atoms with Gasteiger partial charge < -0.3 is 9.47 Å². The minimum atomic E-state index is -0.323. The van der Waals surface area contributed by atoms with E-state index in [1.165, 1.54) is 0 Å². The Kier molecular flexibility index (Phi) is 3.76. The maximum absolute atomic E-state index is 12.0. The topological polar surface area (TPSA) is 35.5 Å². The fourth-order valence-electron chi connectivity index (χ4n) is 3.21. The maximum Gasteiger partial charge on any atom is 0.311 e. The first-order chi connectivity index (χ1) is 8.00. The van der Waals surface area contributed by atoms with Gasteiger partial charge in [-0.1, -0.05) is 27.7 Å². The molecule has 17 heavy (non-hydrogen) atoms. The first-order valence-electron chi connectivity index (χ1n) is 6.82. The van der Waals surface area contributed by atoms with Crippen molar-refractivity contribution in [3.05, 3.63) is 0 Å². The molecule has 0 radical (unpaired) electrons. The van der Waals surface area contributed by atoms with Crippen LogP contribution in [0.15, 0.2) is 0 Å². The van der Waals surface area contributed by atoms with Crippen LogP contribution in [-0.4, -0.2) is 18.9 Å². The number of cyclic esters (lactones) is 1. The Morgan fingerprint density at radius 1 is 1.35 bits per heavy atom. The van der Waals surface area contributed by atoms with Gasteiger partial charge in [0.15, 0.2) is 0 Å². The van der Waals surface area contributed by atoms with Crippen molar-refractivity contribution in [3.8, 4) is 0 Å². The molecular formula is C14H24O3. The Bertz CT molecular complexity index is 287. The molecule has 0 amide bonds. The SMILES string of the molecule is CC(C)COC1OC(=O)[C@H]2[C@H](CC[C@@H]2C)C1C. The molecule has 2 aliphatic rings. The molecule has 5 atom stereocenters. The lowest BCUT2D eigenvalue weighted by molar-refractivity contribution is -0.221. The molecule has 0 aromatic carbocycles. The number of esters is 1. The van der Waals surface area contributed by atoms with Gasteiger partial charge in [-0.3, -0.25) is 4.79 Å². The molecule has 1 heterocycles. The minimum absolute atomic E-state index is 0.0353. The summed E-state index contributed by atoms with van der Waals surface area (Å²) in [4.78, 5) is 12.0. The van der Waals surface area contributed by atoms with Crippen LogP contribution in [0.1, 0.15) is 40.5 Å². The van der Waals surface area contributed by atoms with E-state index in [1.807, 2.05) is 0 Å². The molecule has 1 aliphatic carbocycles. The van der Waals surface area contributed by atoms with Gasteiger partial charge in [-0.05, 0) is 30.6 Å². The lowest BCUT2D eigenvalue weighted by Gasteiger charge is -2.38. The largest absolute Gasteiger partial charge is 0.435 e. The molecule has 0 aromatic heterocycles. The summed E-state index contributed by atoms with van der Waals surface area (Å²) in [6.07, 6.45) is 1.96. The zero-order valence-electron chi connectivity index (χ0n) is 11.3. The van der Waals surface area contributed by atoms with Crippen LogP contribution in [0.2, 0.25) is 0 Å². The van der Waals surface area contributed by atoms with Crippen molar-refractivity contribution in [2.24, 2.45) is 29.6 Å². The molecule has 2 rings (SSSR count). The Balaban J connectivity index is 2.01. The Morgan fingerprint density at radius 3 is 2.71 bits per heavy atom. The average molecular weight is 240 g/mol. The molecule has 3 nitrogen and oxygen atoms in total. The van der Waals surface area contributed by atoms with Crippen molar-refractivity contribution in [2.75, 3.05) is 6.61 Å². The first-order valence-corrected chi connectivity index (χ1v) is 6.82. The van der Waals surface area contributed by atoms with Crippen molar-refractivity contribution >= 4 is 5.97 Å². The second kappa shape index (κ2) is 4.97. The fraction of sp³-hybridized carbons (Fsp3) is 0.929. The highest BCUT2D eigenvalue weighted by Crippen LogP contribution is 2.46. The van der Waals surface area contributed by atoms with Gasteiger partial charge in [0.1, 0.15) is 0 Å². The summed E-state index contributed by atoms with van der Waals surface area (Å²) in [5.74, 6) is 1.82. The van der Waals surface area contributed by atoms with Gasteiger partial charge in [0, 0.05) is 5.92 Å². The number of rotatable bonds is 3. The summed E-state index contributed by atoms with van der Waals surface area (Å²) < 4.78 is 11.2. The van der Waals surface area contributed by atoms with Gasteiger partial charge in [-0.15, -0.1) is 0 Å². The van der Waals surface area contributed by atoms with E-state index in [9.17, 15) is 4.79 Å². The fourth-order valence-corrected chi connectivity index (χ4v) is 3.21. The summed E-state index contributed by atoms with van der Waals surface area (Å²) >= 11 is 0.